The number of amides is 1. The van der Waals surface area contributed by atoms with Crippen LogP contribution in [0, 0.1) is 6.92 Å². The molecule has 3 N–H and O–H groups in total. The van der Waals surface area contributed by atoms with Crippen molar-refractivity contribution in [1.82, 2.24) is 0 Å². The maximum atomic E-state index is 12.2. The summed E-state index contributed by atoms with van der Waals surface area (Å²) >= 11 is 0. The lowest BCUT2D eigenvalue weighted by molar-refractivity contribution is -0.115. The first-order valence-corrected chi connectivity index (χ1v) is 6.97. The standard InChI is InChI=1S/C17H20N2O2/c1-3-21-16-10-12(2)8-9-15(16)19-17(20)11-13-6-4-5-7-14(13)18/h4-10H,3,11,18H2,1-2H3,(H,19,20). The molecule has 0 saturated carbocycles. The normalized spacial score (nSPS) is 10.2. The largest absolute Gasteiger partial charge is 0.492 e. The molecule has 2 rings (SSSR count). The maximum absolute atomic E-state index is 12.2. The minimum absolute atomic E-state index is 0.113. The summed E-state index contributed by atoms with van der Waals surface area (Å²) in [6, 6.07) is 13.1. The van der Waals surface area contributed by atoms with E-state index in [4.69, 9.17) is 10.5 Å². The Balaban J connectivity index is 2.11. The Morgan fingerprint density at radius 1 is 1.24 bits per heavy atom. The minimum Gasteiger partial charge on any atom is -0.492 e. The van der Waals surface area contributed by atoms with Gasteiger partial charge in [-0.1, -0.05) is 24.3 Å². The molecule has 0 heterocycles. The third-order valence-electron chi connectivity index (χ3n) is 3.12. The van der Waals surface area contributed by atoms with Gasteiger partial charge < -0.3 is 15.8 Å². The molecule has 0 aliphatic rings. The zero-order valence-electron chi connectivity index (χ0n) is 12.3. The zero-order chi connectivity index (χ0) is 15.2. The van der Waals surface area contributed by atoms with Gasteiger partial charge in [-0.15, -0.1) is 0 Å². The van der Waals surface area contributed by atoms with E-state index in [2.05, 4.69) is 5.32 Å². The third-order valence-corrected chi connectivity index (χ3v) is 3.12. The summed E-state index contributed by atoms with van der Waals surface area (Å²) < 4.78 is 5.55. The smallest absolute Gasteiger partial charge is 0.228 e. The first kappa shape index (κ1) is 14.9. The van der Waals surface area contributed by atoms with Crippen molar-refractivity contribution in [2.24, 2.45) is 0 Å². The quantitative estimate of drug-likeness (QED) is 0.829. The number of nitrogens with one attached hydrogen (secondary N) is 1. The predicted molar refractivity (Wildman–Crippen MR) is 85.5 cm³/mol. The van der Waals surface area contributed by atoms with Crippen LogP contribution in [0.5, 0.6) is 5.75 Å². The lowest BCUT2D eigenvalue weighted by atomic mass is 10.1. The van der Waals surface area contributed by atoms with Gasteiger partial charge in [0.15, 0.2) is 0 Å². The number of para-hydroxylation sites is 1. The summed E-state index contributed by atoms with van der Waals surface area (Å²) in [6.45, 7) is 4.45. The van der Waals surface area contributed by atoms with Gasteiger partial charge in [-0.3, -0.25) is 4.79 Å². The van der Waals surface area contributed by atoms with E-state index in [0.29, 0.717) is 23.7 Å². The molecule has 2 aromatic rings. The maximum Gasteiger partial charge on any atom is 0.228 e. The Morgan fingerprint density at radius 2 is 2.00 bits per heavy atom. The van der Waals surface area contributed by atoms with Crippen molar-refractivity contribution >= 4 is 17.3 Å². The van der Waals surface area contributed by atoms with Crippen molar-refractivity contribution in [3.8, 4) is 5.75 Å². The van der Waals surface area contributed by atoms with Crippen LogP contribution in [-0.4, -0.2) is 12.5 Å². The number of hydrogen-bond donors (Lipinski definition) is 2. The fourth-order valence-electron chi connectivity index (χ4n) is 2.07. The molecule has 0 radical (unpaired) electrons. The van der Waals surface area contributed by atoms with E-state index in [-0.39, 0.29) is 12.3 Å². The first-order valence-electron chi connectivity index (χ1n) is 6.97. The second-order valence-corrected chi connectivity index (χ2v) is 4.86. The van der Waals surface area contributed by atoms with Crippen molar-refractivity contribution in [2.75, 3.05) is 17.7 Å². The number of carbonyl (C=O) groups excluding carboxylic acids is 1. The number of carbonyl (C=O) groups is 1. The Bertz CT molecular complexity index is 638. The van der Waals surface area contributed by atoms with Crippen molar-refractivity contribution in [3.63, 3.8) is 0 Å². The highest BCUT2D eigenvalue weighted by molar-refractivity contribution is 5.94. The Hall–Kier alpha value is -2.49. The summed E-state index contributed by atoms with van der Waals surface area (Å²) in [5.74, 6) is 0.574. The zero-order valence-corrected chi connectivity index (χ0v) is 12.3. The van der Waals surface area contributed by atoms with Crippen molar-refractivity contribution in [3.05, 3.63) is 53.6 Å². The molecule has 1 amide bonds. The Labute approximate surface area is 124 Å². The molecule has 0 aromatic heterocycles. The molecule has 0 saturated heterocycles. The average molecular weight is 284 g/mol. The molecule has 4 nitrogen and oxygen atoms in total. The van der Waals surface area contributed by atoms with Gasteiger partial charge in [-0.2, -0.15) is 0 Å². The monoisotopic (exact) mass is 284 g/mol. The molecular formula is C17H20N2O2. The second-order valence-electron chi connectivity index (χ2n) is 4.86. The lowest BCUT2D eigenvalue weighted by Gasteiger charge is -2.12. The van der Waals surface area contributed by atoms with Crippen LogP contribution in [0.2, 0.25) is 0 Å². The molecular weight excluding hydrogens is 264 g/mol. The lowest BCUT2D eigenvalue weighted by Crippen LogP contribution is -2.16. The van der Waals surface area contributed by atoms with E-state index >= 15 is 0 Å². The van der Waals surface area contributed by atoms with E-state index < -0.39 is 0 Å². The van der Waals surface area contributed by atoms with Crippen LogP contribution in [0.15, 0.2) is 42.5 Å². The van der Waals surface area contributed by atoms with Crippen molar-refractivity contribution in [1.29, 1.82) is 0 Å². The van der Waals surface area contributed by atoms with Crippen LogP contribution in [0.1, 0.15) is 18.1 Å². The number of nitrogen functional groups attached to an aromatic ring is 1. The van der Waals surface area contributed by atoms with Crippen LogP contribution in [-0.2, 0) is 11.2 Å². The molecule has 0 aliphatic carbocycles. The fourth-order valence-corrected chi connectivity index (χ4v) is 2.07. The second kappa shape index (κ2) is 6.79. The van der Waals surface area contributed by atoms with Crippen molar-refractivity contribution in [2.45, 2.75) is 20.3 Å². The minimum atomic E-state index is -0.113. The summed E-state index contributed by atoms with van der Waals surface area (Å²) in [4.78, 5) is 12.2. The van der Waals surface area contributed by atoms with E-state index in [1.165, 1.54) is 0 Å². The topological polar surface area (TPSA) is 64.3 Å². The summed E-state index contributed by atoms with van der Waals surface area (Å²) in [6.07, 6.45) is 0.242. The van der Waals surface area contributed by atoms with Crippen LogP contribution in [0.3, 0.4) is 0 Å². The number of aryl methyl sites for hydroxylation is 1. The number of nitrogens with two attached hydrogens (primary N) is 1. The van der Waals surface area contributed by atoms with Gasteiger partial charge in [0.1, 0.15) is 5.75 Å². The number of hydrogen-bond acceptors (Lipinski definition) is 3. The number of rotatable bonds is 5. The molecule has 0 fully saturated rings. The molecule has 21 heavy (non-hydrogen) atoms. The van der Waals surface area contributed by atoms with Gasteiger partial charge in [0, 0.05) is 5.69 Å². The average Bonchev–Trinajstić information content (AvgIpc) is 2.45. The molecule has 0 bridgehead atoms. The van der Waals surface area contributed by atoms with Crippen LogP contribution in [0.25, 0.3) is 0 Å². The summed E-state index contributed by atoms with van der Waals surface area (Å²) in [5, 5.41) is 2.88. The Morgan fingerprint density at radius 3 is 2.71 bits per heavy atom. The number of ether oxygens (including phenoxy) is 1. The molecule has 2 aromatic carbocycles. The summed E-state index contributed by atoms with van der Waals surface area (Å²) in [5.41, 5.74) is 9.07. The van der Waals surface area contributed by atoms with Gasteiger partial charge in [-0.25, -0.2) is 0 Å². The van der Waals surface area contributed by atoms with E-state index in [1.807, 2.05) is 50.2 Å². The van der Waals surface area contributed by atoms with Gasteiger partial charge in [0.2, 0.25) is 5.91 Å². The summed E-state index contributed by atoms with van der Waals surface area (Å²) in [7, 11) is 0. The first-order chi connectivity index (χ1) is 10.1. The van der Waals surface area contributed by atoms with E-state index in [1.54, 1.807) is 6.07 Å². The van der Waals surface area contributed by atoms with Gasteiger partial charge >= 0.3 is 0 Å². The van der Waals surface area contributed by atoms with Crippen molar-refractivity contribution < 1.29 is 9.53 Å². The highest BCUT2D eigenvalue weighted by Crippen LogP contribution is 2.26. The number of anilines is 2. The highest BCUT2D eigenvalue weighted by Gasteiger charge is 2.10. The van der Waals surface area contributed by atoms with Gasteiger partial charge in [0.05, 0.1) is 18.7 Å². The molecule has 4 heteroatoms. The molecule has 0 unspecified atom stereocenters. The Kier molecular flexibility index (Phi) is 4.82. The fraction of sp³-hybridized carbons (Fsp3) is 0.235. The van der Waals surface area contributed by atoms with Gasteiger partial charge in [0.25, 0.3) is 0 Å². The van der Waals surface area contributed by atoms with Gasteiger partial charge in [-0.05, 0) is 43.2 Å². The van der Waals surface area contributed by atoms with Crippen LogP contribution >= 0.6 is 0 Å². The predicted octanol–water partition coefficient (Wildman–Crippen LogP) is 3.16. The molecule has 0 spiro atoms. The van der Waals surface area contributed by atoms with E-state index in [0.717, 1.165) is 11.1 Å². The molecule has 110 valence electrons. The molecule has 0 aliphatic heterocycles. The van der Waals surface area contributed by atoms with Crippen LogP contribution < -0.4 is 15.8 Å². The van der Waals surface area contributed by atoms with Crippen LogP contribution in [0.4, 0.5) is 11.4 Å². The number of benzene rings is 2. The SMILES string of the molecule is CCOc1cc(C)ccc1NC(=O)Cc1ccccc1N. The molecule has 0 atom stereocenters. The third kappa shape index (κ3) is 3.99. The highest BCUT2D eigenvalue weighted by atomic mass is 16.5. The van der Waals surface area contributed by atoms with E-state index in [9.17, 15) is 4.79 Å².